The molecule has 5 heteroatoms. The van der Waals surface area contributed by atoms with Crippen LogP contribution in [0.1, 0.15) is 87.4 Å². The van der Waals surface area contributed by atoms with Crippen LogP contribution < -0.4 is 4.90 Å². The highest BCUT2D eigenvalue weighted by molar-refractivity contribution is 7.19. The van der Waals surface area contributed by atoms with E-state index in [9.17, 15) is 0 Å². The van der Waals surface area contributed by atoms with Crippen LogP contribution in [0.5, 0.6) is 0 Å². The maximum absolute atomic E-state index is 5.20. The second kappa shape index (κ2) is 9.52. The minimum Gasteiger partial charge on any atom is -0.353 e. The van der Waals surface area contributed by atoms with E-state index < -0.39 is 0 Å². The number of rotatable bonds is 5. The largest absolute Gasteiger partial charge is 0.353 e. The predicted octanol–water partition coefficient (Wildman–Crippen LogP) is 5.76. The van der Waals surface area contributed by atoms with E-state index in [1.807, 2.05) is 11.3 Å². The molecule has 3 heterocycles. The van der Waals surface area contributed by atoms with Gasteiger partial charge in [-0.25, -0.2) is 9.97 Å². The summed E-state index contributed by atoms with van der Waals surface area (Å²) in [5, 5.41) is 1.41. The standard InChI is InChI=1S/C25H38N4S/c1-2-3-14-22-26-24(23-20-12-8-9-13-21(20)30-25(23)27-22)29-17-15-28(16-18-29)19-10-6-4-5-7-11-19/h19H,2-18H2,1H3. The number of anilines is 1. The normalized spacial score (nSPS) is 21.7. The van der Waals surface area contributed by atoms with Crippen molar-refractivity contribution in [3.05, 3.63) is 16.3 Å². The molecule has 2 aromatic rings. The molecule has 5 rings (SSSR count). The van der Waals surface area contributed by atoms with Crippen LogP contribution in [0.25, 0.3) is 10.2 Å². The fraction of sp³-hybridized carbons (Fsp3) is 0.760. The monoisotopic (exact) mass is 426 g/mol. The molecule has 164 valence electrons. The number of aryl methyl sites for hydroxylation is 3. The Kier molecular flexibility index (Phi) is 6.56. The summed E-state index contributed by atoms with van der Waals surface area (Å²) < 4.78 is 0. The molecule has 0 radical (unpaired) electrons. The van der Waals surface area contributed by atoms with Gasteiger partial charge in [0.05, 0.1) is 5.39 Å². The Hall–Kier alpha value is -1.20. The van der Waals surface area contributed by atoms with Crippen LogP contribution in [0.3, 0.4) is 0 Å². The van der Waals surface area contributed by atoms with Crippen molar-refractivity contribution >= 4 is 27.4 Å². The molecule has 1 saturated carbocycles. The molecule has 4 nitrogen and oxygen atoms in total. The third-order valence-electron chi connectivity index (χ3n) is 7.55. The van der Waals surface area contributed by atoms with Gasteiger partial charge in [0.25, 0.3) is 0 Å². The van der Waals surface area contributed by atoms with Gasteiger partial charge in [-0.3, -0.25) is 4.90 Å². The molecule has 2 fully saturated rings. The highest BCUT2D eigenvalue weighted by Crippen LogP contribution is 2.40. The lowest BCUT2D eigenvalue weighted by Gasteiger charge is -2.40. The van der Waals surface area contributed by atoms with Gasteiger partial charge in [0.2, 0.25) is 0 Å². The third-order valence-corrected chi connectivity index (χ3v) is 8.74. The molecule has 0 N–H and O–H groups in total. The maximum atomic E-state index is 5.20. The SMILES string of the molecule is CCCCc1nc(N2CCN(C3CCCCCC3)CC2)c2c3c(sc2n1)CCCC3. The van der Waals surface area contributed by atoms with E-state index in [-0.39, 0.29) is 0 Å². The molecule has 1 saturated heterocycles. The molecule has 0 spiro atoms. The molecular formula is C25H38N4S. The fourth-order valence-electron chi connectivity index (χ4n) is 5.78. The number of aromatic nitrogens is 2. The summed E-state index contributed by atoms with van der Waals surface area (Å²) in [6.45, 7) is 6.91. The van der Waals surface area contributed by atoms with Gasteiger partial charge in [0.15, 0.2) is 0 Å². The van der Waals surface area contributed by atoms with E-state index in [1.165, 1.54) is 106 Å². The van der Waals surface area contributed by atoms with E-state index in [2.05, 4.69) is 16.7 Å². The van der Waals surface area contributed by atoms with Crippen LogP contribution in [0.2, 0.25) is 0 Å². The number of piperazine rings is 1. The molecule has 3 aliphatic rings. The molecule has 0 amide bonds. The minimum atomic E-state index is 0.828. The minimum absolute atomic E-state index is 0.828. The Morgan fingerprint density at radius 2 is 1.67 bits per heavy atom. The number of thiophene rings is 1. The van der Waals surface area contributed by atoms with Crippen molar-refractivity contribution in [1.29, 1.82) is 0 Å². The van der Waals surface area contributed by atoms with Gasteiger partial charge >= 0.3 is 0 Å². The number of fused-ring (bicyclic) bond motifs is 3. The lowest BCUT2D eigenvalue weighted by Crippen LogP contribution is -2.50. The lowest BCUT2D eigenvalue weighted by molar-refractivity contribution is 0.169. The first-order chi connectivity index (χ1) is 14.8. The fourth-order valence-corrected chi connectivity index (χ4v) is 7.05. The topological polar surface area (TPSA) is 32.3 Å². The quantitative estimate of drug-likeness (QED) is 0.569. The van der Waals surface area contributed by atoms with Crippen LogP contribution in [0.15, 0.2) is 0 Å². The first kappa shape index (κ1) is 20.7. The molecule has 0 atom stereocenters. The van der Waals surface area contributed by atoms with Crippen molar-refractivity contribution in [1.82, 2.24) is 14.9 Å². The Morgan fingerprint density at radius 1 is 0.900 bits per heavy atom. The Labute approximate surface area is 186 Å². The van der Waals surface area contributed by atoms with Crippen molar-refractivity contribution in [3.63, 3.8) is 0 Å². The summed E-state index contributed by atoms with van der Waals surface area (Å²) >= 11 is 1.96. The van der Waals surface area contributed by atoms with Crippen molar-refractivity contribution in [2.24, 2.45) is 0 Å². The van der Waals surface area contributed by atoms with Crippen molar-refractivity contribution in [2.45, 2.75) is 96.4 Å². The average molecular weight is 427 g/mol. The van der Waals surface area contributed by atoms with Gasteiger partial charge in [-0.1, -0.05) is 39.0 Å². The smallest absolute Gasteiger partial charge is 0.141 e. The zero-order valence-corrected chi connectivity index (χ0v) is 19.6. The molecule has 30 heavy (non-hydrogen) atoms. The van der Waals surface area contributed by atoms with Crippen molar-refractivity contribution < 1.29 is 0 Å². The first-order valence-electron chi connectivity index (χ1n) is 12.6. The van der Waals surface area contributed by atoms with Crippen LogP contribution in [0, 0.1) is 0 Å². The second-order valence-corrected chi connectivity index (χ2v) is 10.7. The Balaban J connectivity index is 1.40. The zero-order valence-electron chi connectivity index (χ0n) is 18.8. The highest BCUT2D eigenvalue weighted by Gasteiger charge is 2.28. The molecular weight excluding hydrogens is 388 g/mol. The van der Waals surface area contributed by atoms with E-state index in [0.717, 1.165) is 31.4 Å². The van der Waals surface area contributed by atoms with E-state index in [0.29, 0.717) is 0 Å². The summed E-state index contributed by atoms with van der Waals surface area (Å²) in [6.07, 6.45) is 17.1. The summed E-state index contributed by atoms with van der Waals surface area (Å²) in [7, 11) is 0. The molecule has 0 unspecified atom stereocenters. The van der Waals surface area contributed by atoms with Gasteiger partial charge in [0, 0.05) is 43.5 Å². The van der Waals surface area contributed by atoms with Crippen molar-refractivity contribution in [2.75, 3.05) is 31.1 Å². The Morgan fingerprint density at radius 3 is 2.43 bits per heavy atom. The number of unbranched alkanes of at least 4 members (excludes halogenated alkanes) is 1. The van der Waals surface area contributed by atoms with Crippen molar-refractivity contribution in [3.8, 4) is 0 Å². The summed E-state index contributed by atoms with van der Waals surface area (Å²) in [5.74, 6) is 2.34. The van der Waals surface area contributed by atoms with Gasteiger partial charge in [-0.15, -0.1) is 11.3 Å². The third kappa shape index (κ3) is 4.25. The summed E-state index contributed by atoms with van der Waals surface area (Å²) in [6, 6.07) is 0.828. The van der Waals surface area contributed by atoms with Gasteiger partial charge in [0.1, 0.15) is 16.5 Å². The summed E-state index contributed by atoms with van der Waals surface area (Å²) in [4.78, 5) is 18.5. The van der Waals surface area contributed by atoms with Gasteiger partial charge in [-0.2, -0.15) is 0 Å². The van der Waals surface area contributed by atoms with Crippen LogP contribution >= 0.6 is 11.3 Å². The number of hydrogen-bond acceptors (Lipinski definition) is 5. The number of nitrogens with zero attached hydrogens (tertiary/aromatic N) is 4. The molecule has 0 aromatic carbocycles. The van der Waals surface area contributed by atoms with Crippen LogP contribution in [0.4, 0.5) is 5.82 Å². The lowest BCUT2D eigenvalue weighted by atomic mass is 9.96. The van der Waals surface area contributed by atoms with Gasteiger partial charge in [-0.05, 0) is 50.5 Å². The molecule has 1 aliphatic heterocycles. The maximum Gasteiger partial charge on any atom is 0.141 e. The highest BCUT2D eigenvalue weighted by atomic mass is 32.1. The average Bonchev–Trinajstić information content (AvgIpc) is 2.95. The second-order valence-electron chi connectivity index (χ2n) is 9.63. The van der Waals surface area contributed by atoms with Crippen LogP contribution in [-0.4, -0.2) is 47.1 Å². The van der Waals surface area contributed by atoms with E-state index >= 15 is 0 Å². The molecule has 2 aromatic heterocycles. The van der Waals surface area contributed by atoms with Gasteiger partial charge < -0.3 is 4.90 Å². The number of hydrogen-bond donors (Lipinski definition) is 0. The first-order valence-corrected chi connectivity index (χ1v) is 13.5. The van der Waals surface area contributed by atoms with Crippen LogP contribution in [-0.2, 0) is 19.3 Å². The van der Waals surface area contributed by atoms with E-state index in [1.54, 1.807) is 10.4 Å². The predicted molar refractivity (Wildman–Crippen MR) is 128 cm³/mol. The molecule has 0 bridgehead atoms. The Bertz CT molecular complexity index is 844. The van der Waals surface area contributed by atoms with E-state index in [4.69, 9.17) is 9.97 Å². The summed E-state index contributed by atoms with van der Waals surface area (Å²) in [5.41, 5.74) is 1.59. The zero-order chi connectivity index (χ0) is 20.3. The molecule has 2 aliphatic carbocycles.